The zero-order valence-electron chi connectivity index (χ0n) is 18.0. The summed E-state index contributed by atoms with van der Waals surface area (Å²) in [5, 5.41) is 12.5. The molecule has 164 valence electrons. The SMILES string of the molecule is CC(C)[C@@](C)(C#N)NC(=O)CSC1=N/C(=C/c2ccccc2)C(=O)N1c1ccc(F)cc1. The Morgan fingerprint density at radius 3 is 2.50 bits per heavy atom. The minimum absolute atomic E-state index is 0.0353. The molecule has 1 aliphatic rings. The summed E-state index contributed by atoms with van der Waals surface area (Å²) in [5.41, 5.74) is 0.473. The van der Waals surface area contributed by atoms with Crippen LogP contribution in [0.25, 0.3) is 6.08 Å². The van der Waals surface area contributed by atoms with E-state index in [0.29, 0.717) is 10.9 Å². The van der Waals surface area contributed by atoms with Crippen LogP contribution in [0.2, 0.25) is 0 Å². The van der Waals surface area contributed by atoms with Crippen molar-refractivity contribution in [2.45, 2.75) is 26.3 Å². The zero-order valence-corrected chi connectivity index (χ0v) is 18.8. The number of amides is 2. The fourth-order valence-corrected chi connectivity index (χ4v) is 3.69. The number of carbonyl (C=O) groups excluding carboxylic acids is 2. The molecule has 1 heterocycles. The van der Waals surface area contributed by atoms with E-state index in [1.54, 1.807) is 13.0 Å². The van der Waals surface area contributed by atoms with E-state index in [1.807, 2.05) is 44.2 Å². The van der Waals surface area contributed by atoms with Gasteiger partial charge in [0, 0.05) is 0 Å². The lowest BCUT2D eigenvalue weighted by atomic mass is 9.90. The number of halogens is 1. The number of nitrogens with one attached hydrogen (secondary N) is 1. The fourth-order valence-electron chi connectivity index (χ4n) is 2.88. The number of nitriles is 1. The normalized spacial score (nSPS) is 16.6. The zero-order chi connectivity index (χ0) is 23.3. The van der Waals surface area contributed by atoms with Crippen LogP contribution in [0.5, 0.6) is 0 Å². The summed E-state index contributed by atoms with van der Waals surface area (Å²) in [4.78, 5) is 31.4. The van der Waals surface area contributed by atoms with Crippen molar-refractivity contribution in [1.82, 2.24) is 5.32 Å². The molecular formula is C24H23FN4O2S. The number of benzene rings is 2. The van der Waals surface area contributed by atoms with Crippen LogP contribution in [0, 0.1) is 23.1 Å². The van der Waals surface area contributed by atoms with Crippen LogP contribution in [0.4, 0.5) is 10.1 Å². The van der Waals surface area contributed by atoms with Crippen LogP contribution in [-0.2, 0) is 9.59 Å². The smallest absolute Gasteiger partial charge is 0.283 e. The Balaban J connectivity index is 1.85. The maximum Gasteiger partial charge on any atom is 0.283 e. The van der Waals surface area contributed by atoms with Gasteiger partial charge >= 0.3 is 0 Å². The highest BCUT2D eigenvalue weighted by Gasteiger charge is 2.34. The lowest BCUT2D eigenvalue weighted by molar-refractivity contribution is -0.120. The molecule has 2 amide bonds. The average molecular weight is 451 g/mol. The first-order valence-corrected chi connectivity index (χ1v) is 11.0. The summed E-state index contributed by atoms with van der Waals surface area (Å²) in [5.74, 6) is -1.25. The van der Waals surface area contributed by atoms with E-state index in [-0.39, 0.29) is 29.2 Å². The van der Waals surface area contributed by atoms with Gasteiger partial charge < -0.3 is 5.32 Å². The summed E-state index contributed by atoms with van der Waals surface area (Å²) >= 11 is 1.08. The number of hydrogen-bond acceptors (Lipinski definition) is 5. The van der Waals surface area contributed by atoms with Gasteiger partial charge in [-0.1, -0.05) is 55.9 Å². The van der Waals surface area contributed by atoms with Gasteiger partial charge in [0.15, 0.2) is 5.17 Å². The first-order valence-electron chi connectivity index (χ1n) is 10.0. The third-order valence-corrected chi connectivity index (χ3v) is 6.07. The van der Waals surface area contributed by atoms with E-state index in [2.05, 4.69) is 16.4 Å². The number of nitrogens with zero attached hydrogens (tertiary/aromatic N) is 3. The number of anilines is 1. The molecule has 0 saturated heterocycles. The number of rotatable bonds is 6. The lowest BCUT2D eigenvalue weighted by Crippen LogP contribution is -2.49. The van der Waals surface area contributed by atoms with Crippen LogP contribution in [-0.4, -0.2) is 28.3 Å². The van der Waals surface area contributed by atoms with Crippen LogP contribution in [0.3, 0.4) is 0 Å². The van der Waals surface area contributed by atoms with Crippen LogP contribution < -0.4 is 10.2 Å². The van der Waals surface area contributed by atoms with Crippen molar-refractivity contribution < 1.29 is 14.0 Å². The van der Waals surface area contributed by atoms with Gasteiger partial charge in [-0.2, -0.15) is 5.26 Å². The van der Waals surface area contributed by atoms with Gasteiger partial charge in [0.05, 0.1) is 17.5 Å². The molecule has 0 bridgehead atoms. The van der Waals surface area contributed by atoms with Gasteiger partial charge in [-0.05, 0) is 48.7 Å². The quantitative estimate of drug-likeness (QED) is 0.663. The standard InChI is InChI=1S/C24H23FN4O2S/c1-16(2)24(3,15-26)28-21(30)14-32-23-27-20(13-17-7-5-4-6-8-17)22(31)29(23)19-11-9-18(25)10-12-19/h4-13,16H,14H2,1-3H3,(H,28,30)/b20-13+/t24-/m1/s1. The average Bonchev–Trinajstić information content (AvgIpc) is 3.08. The van der Waals surface area contributed by atoms with Crippen molar-refractivity contribution in [3.63, 3.8) is 0 Å². The molecule has 0 unspecified atom stereocenters. The van der Waals surface area contributed by atoms with E-state index in [0.717, 1.165) is 17.3 Å². The minimum atomic E-state index is -1.00. The summed E-state index contributed by atoms with van der Waals surface area (Å²) < 4.78 is 13.4. The van der Waals surface area contributed by atoms with Crippen molar-refractivity contribution in [2.75, 3.05) is 10.7 Å². The first-order chi connectivity index (χ1) is 15.2. The molecule has 32 heavy (non-hydrogen) atoms. The molecule has 0 saturated carbocycles. The minimum Gasteiger partial charge on any atom is -0.337 e. The lowest BCUT2D eigenvalue weighted by Gasteiger charge is -2.27. The molecule has 2 aromatic rings. The van der Waals surface area contributed by atoms with Crippen molar-refractivity contribution >= 4 is 40.5 Å². The number of carbonyl (C=O) groups is 2. The molecule has 0 radical (unpaired) electrons. The van der Waals surface area contributed by atoms with Gasteiger partial charge in [-0.3, -0.25) is 14.5 Å². The van der Waals surface area contributed by atoms with Gasteiger partial charge in [0.25, 0.3) is 5.91 Å². The first kappa shape index (κ1) is 23.2. The Hall–Kier alpha value is -3.44. The van der Waals surface area contributed by atoms with Crippen molar-refractivity contribution in [2.24, 2.45) is 10.9 Å². The molecule has 1 aliphatic heterocycles. The molecule has 3 rings (SSSR count). The predicted octanol–water partition coefficient (Wildman–Crippen LogP) is 4.36. The van der Waals surface area contributed by atoms with Crippen molar-refractivity contribution in [3.05, 3.63) is 71.7 Å². The van der Waals surface area contributed by atoms with Crippen molar-refractivity contribution in [3.8, 4) is 6.07 Å². The molecule has 6 nitrogen and oxygen atoms in total. The number of amidine groups is 1. The highest BCUT2D eigenvalue weighted by molar-refractivity contribution is 8.14. The molecule has 8 heteroatoms. The van der Waals surface area contributed by atoms with E-state index in [1.165, 1.54) is 29.2 Å². The Kier molecular flexibility index (Phi) is 7.11. The monoisotopic (exact) mass is 450 g/mol. The Morgan fingerprint density at radius 1 is 1.25 bits per heavy atom. The van der Waals surface area contributed by atoms with Crippen molar-refractivity contribution in [1.29, 1.82) is 5.26 Å². The second-order valence-corrected chi connectivity index (χ2v) is 8.70. The molecule has 0 aromatic heterocycles. The number of aliphatic imine (C=N–C) groups is 1. The molecule has 1 N–H and O–H groups in total. The third-order valence-electron chi connectivity index (χ3n) is 5.14. The highest BCUT2D eigenvalue weighted by Crippen LogP contribution is 2.29. The molecule has 0 aliphatic carbocycles. The van der Waals surface area contributed by atoms with Gasteiger partial charge in [0.1, 0.15) is 17.1 Å². The Bertz CT molecular complexity index is 1110. The molecule has 0 spiro atoms. The summed E-state index contributed by atoms with van der Waals surface area (Å²) in [6.07, 6.45) is 1.66. The molecule has 1 atom stereocenters. The van der Waals surface area contributed by atoms with Crippen LogP contribution in [0.15, 0.2) is 65.3 Å². The molecule has 0 fully saturated rings. The maximum atomic E-state index is 13.4. The molecule has 2 aromatic carbocycles. The van der Waals surface area contributed by atoms with E-state index >= 15 is 0 Å². The second-order valence-electron chi connectivity index (χ2n) is 7.76. The summed E-state index contributed by atoms with van der Waals surface area (Å²) in [7, 11) is 0. The van der Waals surface area contributed by atoms with E-state index in [9.17, 15) is 19.2 Å². The highest BCUT2D eigenvalue weighted by atomic mass is 32.2. The van der Waals surface area contributed by atoms with Gasteiger partial charge in [-0.15, -0.1) is 0 Å². The maximum absolute atomic E-state index is 13.4. The Morgan fingerprint density at radius 2 is 1.91 bits per heavy atom. The topological polar surface area (TPSA) is 85.6 Å². The van der Waals surface area contributed by atoms with Crippen LogP contribution in [0.1, 0.15) is 26.3 Å². The number of thioether (sulfide) groups is 1. The molecular weight excluding hydrogens is 427 g/mol. The van der Waals surface area contributed by atoms with E-state index in [4.69, 9.17) is 0 Å². The number of hydrogen-bond donors (Lipinski definition) is 1. The van der Waals surface area contributed by atoms with Gasteiger partial charge in [0.2, 0.25) is 5.91 Å². The third kappa shape index (κ3) is 5.24. The Labute approximate surface area is 190 Å². The predicted molar refractivity (Wildman–Crippen MR) is 125 cm³/mol. The largest absolute Gasteiger partial charge is 0.337 e. The summed E-state index contributed by atoms with van der Waals surface area (Å²) in [6.45, 7) is 5.38. The van der Waals surface area contributed by atoms with E-state index < -0.39 is 11.4 Å². The van der Waals surface area contributed by atoms with Crippen LogP contribution >= 0.6 is 11.8 Å². The second kappa shape index (κ2) is 9.79. The van der Waals surface area contributed by atoms with Gasteiger partial charge in [-0.25, -0.2) is 9.38 Å². The fraction of sp³-hybridized carbons (Fsp3) is 0.250. The summed E-state index contributed by atoms with van der Waals surface area (Å²) in [6, 6.07) is 16.9.